The van der Waals surface area contributed by atoms with Gasteiger partial charge < -0.3 is 18.3 Å². The molecule has 0 bridgehead atoms. The second kappa shape index (κ2) is 16.1. The second-order valence-electron chi connectivity index (χ2n) is 20.0. The normalized spacial score (nSPS) is 14.8. The van der Waals surface area contributed by atoms with E-state index in [0.29, 0.717) is 0 Å². The van der Waals surface area contributed by atoms with Crippen molar-refractivity contribution in [2.45, 2.75) is 18.9 Å². The molecule has 0 saturated carbocycles. The summed E-state index contributed by atoms with van der Waals surface area (Å²) in [6, 6.07) is 87.5. The maximum absolute atomic E-state index is 2.54. The van der Waals surface area contributed by atoms with Crippen LogP contribution >= 0.6 is 0 Å². The molecule has 0 N–H and O–H groups in total. The smallest absolute Gasteiger partial charge is 0.0643 e. The number of hydrogen-bond acceptors (Lipinski definition) is 0. The van der Waals surface area contributed by atoms with Crippen LogP contribution in [0, 0.1) is 0 Å². The second-order valence-corrected chi connectivity index (χ2v) is 20.0. The van der Waals surface area contributed by atoms with E-state index in [9.17, 15) is 0 Å². The summed E-state index contributed by atoms with van der Waals surface area (Å²) in [7, 11) is 0. The van der Waals surface area contributed by atoms with Crippen molar-refractivity contribution in [1.29, 1.82) is 0 Å². The number of hydrogen-bond donors (Lipinski definition) is 0. The monoisotopic (exact) mass is 932 g/mol. The van der Waals surface area contributed by atoms with Gasteiger partial charge in [0.1, 0.15) is 0 Å². The van der Waals surface area contributed by atoms with Gasteiger partial charge in [0.25, 0.3) is 0 Å². The third-order valence-corrected chi connectivity index (χ3v) is 15.7. The Labute approximate surface area is 422 Å². The van der Waals surface area contributed by atoms with Crippen LogP contribution in [-0.2, 0) is 5.54 Å². The lowest BCUT2D eigenvalue weighted by Gasteiger charge is -2.32. The Morgan fingerprint density at radius 3 is 1.16 bits per heavy atom. The highest BCUT2D eigenvalue weighted by molar-refractivity contribution is 6.14. The summed E-state index contributed by atoms with van der Waals surface area (Å²) in [5.74, 6) is 0. The molecule has 4 nitrogen and oxygen atoms in total. The van der Waals surface area contributed by atoms with Crippen molar-refractivity contribution in [3.05, 3.63) is 261 Å². The Hall–Kier alpha value is -9.38. The molecule has 0 spiro atoms. The molecule has 15 rings (SSSR count). The summed E-state index contributed by atoms with van der Waals surface area (Å²) in [6.07, 6.45) is 9.92. The molecule has 1 atom stereocenters. The molecule has 344 valence electrons. The van der Waals surface area contributed by atoms with Gasteiger partial charge in [0.2, 0.25) is 0 Å². The highest BCUT2D eigenvalue weighted by Gasteiger charge is 2.28. The van der Waals surface area contributed by atoms with Crippen LogP contribution in [0.1, 0.15) is 13.3 Å². The van der Waals surface area contributed by atoms with Crippen molar-refractivity contribution in [1.82, 2.24) is 18.3 Å². The molecule has 0 aliphatic heterocycles. The lowest BCUT2D eigenvalue weighted by Crippen LogP contribution is -2.28. The van der Waals surface area contributed by atoms with Crippen LogP contribution < -0.4 is 0 Å². The van der Waals surface area contributed by atoms with E-state index in [1.807, 2.05) is 0 Å². The van der Waals surface area contributed by atoms with Crippen molar-refractivity contribution >= 4 is 76.3 Å². The first kappa shape index (κ1) is 41.4. The van der Waals surface area contributed by atoms with Gasteiger partial charge in [-0.15, -0.1) is 0 Å². The first-order chi connectivity index (χ1) is 36.1. The summed E-state index contributed by atoms with van der Waals surface area (Å²) in [6.45, 7) is 2.35. The molecule has 0 radical (unpaired) electrons. The van der Waals surface area contributed by atoms with Crippen LogP contribution in [0.2, 0.25) is 0 Å². The van der Waals surface area contributed by atoms with Gasteiger partial charge in [0.15, 0.2) is 0 Å². The molecular formula is C69H48N4. The maximum Gasteiger partial charge on any atom is 0.0643 e. The fourth-order valence-corrected chi connectivity index (χ4v) is 12.3. The lowest BCUT2D eigenvalue weighted by atomic mass is 9.92. The minimum absolute atomic E-state index is 0.179. The molecule has 4 aromatic heterocycles. The minimum Gasteiger partial charge on any atom is -0.331 e. The first-order valence-electron chi connectivity index (χ1n) is 25.4. The summed E-state index contributed by atoms with van der Waals surface area (Å²) < 4.78 is 9.77. The SMILES string of the molecule is CC1(n2c(-c3ccc(-n4c5ccc(-c6ccc7c(c6)c6ccccc6n7-c6ccccc6)cc5c5cc(-c6ccc7c(c6)c6ccccc6n7-c6ccccc6)ccc54)cc3)cc3ccccc32)C=CC=CC1. The van der Waals surface area contributed by atoms with Gasteiger partial charge in [-0.05, 0) is 150 Å². The Balaban J connectivity index is 0.909. The Bertz CT molecular complexity index is 4360. The topological polar surface area (TPSA) is 19.7 Å². The number of fused-ring (bicyclic) bond motifs is 10. The van der Waals surface area contributed by atoms with Crippen molar-refractivity contribution in [3.63, 3.8) is 0 Å². The van der Waals surface area contributed by atoms with Crippen LogP contribution in [0.3, 0.4) is 0 Å². The Kier molecular flexibility index (Phi) is 9.12. The molecule has 0 saturated heterocycles. The van der Waals surface area contributed by atoms with Crippen LogP contribution in [0.25, 0.3) is 127 Å². The molecule has 1 aliphatic carbocycles. The number of aromatic nitrogens is 4. The third-order valence-electron chi connectivity index (χ3n) is 15.7. The molecular weight excluding hydrogens is 885 g/mol. The van der Waals surface area contributed by atoms with Gasteiger partial charge in [0, 0.05) is 66.0 Å². The molecule has 73 heavy (non-hydrogen) atoms. The Morgan fingerprint density at radius 1 is 0.315 bits per heavy atom. The van der Waals surface area contributed by atoms with Gasteiger partial charge in [-0.1, -0.05) is 152 Å². The zero-order valence-corrected chi connectivity index (χ0v) is 40.3. The summed E-state index contributed by atoms with van der Waals surface area (Å²) in [5.41, 5.74) is 18.9. The van der Waals surface area contributed by atoms with Crippen LogP contribution in [0.5, 0.6) is 0 Å². The van der Waals surface area contributed by atoms with Crippen LogP contribution in [-0.4, -0.2) is 18.3 Å². The molecule has 0 fully saturated rings. The van der Waals surface area contributed by atoms with E-state index < -0.39 is 0 Å². The average molecular weight is 933 g/mol. The van der Waals surface area contributed by atoms with Crippen molar-refractivity contribution < 1.29 is 0 Å². The minimum atomic E-state index is -0.179. The van der Waals surface area contributed by atoms with Gasteiger partial charge in [-0.3, -0.25) is 0 Å². The standard InChI is InChI=1S/C69H48N4/c1-69(39-15-4-16-40-69)73-61-24-12-9-17-51(61)45-68(73)46-27-33-54(34-28-46)72-66-37-31-49(47-29-35-64-57(41-47)55-22-10-13-25-62(55)70(64)52-18-5-2-6-19-52)43-59(66)60-44-50(32-38-67(60)72)48-30-36-65-58(42-48)56-23-11-14-26-63(56)71(65)53-20-7-3-8-21-53/h2-39,41-45H,40H2,1H3. The number of para-hydroxylation sites is 5. The maximum atomic E-state index is 2.54. The molecule has 1 aliphatic rings. The predicted molar refractivity (Wildman–Crippen MR) is 308 cm³/mol. The average Bonchev–Trinajstić information content (AvgIpc) is 4.20. The van der Waals surface area contributed by atoms with Gasteiger partial charge in [0.05, 0.1) is 38.6 Å². The summed E-state index contributed by atoms with van der Waals surface area (Å²) >= 11 is 0. The van der Waals surface area contributed by atoms with Gasteiger partial charge in [-0.2, -0.15) is 0 Å². The van der Waals surface area contributed by atoms with E-state index in [1.54, 1.807) is 0 Å². The van der Waals surface area contributed by atoms with Crippen LogP contribution in [0.15, 0.2) is 261 Å². The molecule has 4 heteroatoms. The Morgan fingerprint density at radius 2 is 0.699 bits per heavy atom. The van der Waals surface area contributed by atoms with E-state index in [2.05, 4.69) is 286 Å². The zero-order valence-electron chi connectivity index (χ0n) is 40.3. The summed E-state index contributed by atoms with van der Waals surface area (Å²) in [5, 5.41) is 8.68. The molecule has 14 aromatic rings. The summed E-state index contributed by atoms with van der Waals surface area (Å²) in [4.78, 5) is 0. The fourth-order valence-electron chi connectivity index (χ4n) is 12.3. The number of allylic oxidation sites excluding steroid dienone is 4. The lowest BCUT2D eigenvalue weighted by molar-refractivity contribution is 0.429. The van der Waals surface area contributed by atoms with Gasteiger partial charge in [-0.25, -0.2) is 0 Å². The highest BCUT2D eigenvalue weighted by atomic mass is 15.1. The molecule has 0 amide bonds. The van der Waals surface area contributed by atoms with Crippen molar-refractivity contribution in [3.8, 4) is 50.6 Å². The molecule has 4 heterocycles. The van der Waals surface area contributed by atoms with Crippen LogP contribution in [0.4, 0.5) is 0 Å². The third kappa shape index (κ3) is 6.40. The molecule has 10 aromatic carbocycles. The highest BCUT2D eigenvalue weighted by Crippen LogP contribution is 2.43. The first-order valence-corrected chi connectivity index (χ1v) is 25.4. The van der Waals surface area contributed by atoms with E-state index in [4.69, 9.17) is 0 Å². The number of benzene rings is 10. The van der Waals surface area contributed by atoms with E-state index in [0.717, 1.165) is 23.5 Å². The predicted octanol–water partition coefficient (Wildman–Crippen LogP) is 18.2. The van der Waals surface area contributed by atoms with Gasteiger partial charge >= 0.3 is 0 Å². The quantitative estimate of drug-likeness (QED) is 0.152. The zero-order chi connectivity index (χ0) is 48.2. The van der Waals surface area contributed by atoms with E-state index >= 15 is 0 Å². The van der Waals surface area contributed by atoms with E-state index in [-0.39, 0.29) is 5.54 Å². The van der Waals surface area contributed by atoms with Crippen molar-refractivity contribution in [2.75, 3.05) is 0 Å². The van der Waals surface area contributed by atoms with Crippen molar-refractivity contribution in [2.24, 2.45) is 0 Å². The molecule has 1 unspecified atom stereocenters. The largest absolute Gasteiger partial charge is 0.331 e. The number of nitrogens with zero attached hydrogens (tertiary/aromatic N) is 4. The number of rotatable bonds is 7. The van der Waals surface area contributed by atoms with E-state index in [1.165, 1.54) is 110 Å². The fraction of sp³-hybridized carbons (Fsp3) is 0.0435.